The number of piperidine rings is 1. The van der Waals surface area contributed by atoms with Crippen molar-refractivity contribution in [2.75, 3.05) is 71.3 Å². The SMILES string of the molecule is CCCS(=O)(=O)N1CCCC(C(=O)N2CCN(C(=O)C(=O)N3CCOCC3)CC2)C1. The van der Waals surface area contributed by atoms with Crippen LogP contribution in [0.25, 0.3) is 0 Å². The summed E-state index contributed by atoms with van der Waals surface area (Å²) in [7, 11) is -3.31. The molecule has 3 rings (SSSR count). The van der Waals surface area contributed by atoms with E-state index < -0.39 is 21.8 Å². The molecule has 30 heavy (non-hydrogen) atoms. The van der Waals surface area contributed by atoms with Crippen LogP contribution in [0, 0.1) is 5.92 Å². The molecule has 0 aromatic rings. The normalized spacial score (nSPS) is 24.0. The Hall–Kier alpha value is -1.72. The number of carbonyl (C=O) groups is 3. The van der Waals surface area contributed by atoms with Crippen molar-refractivity contribution in [2.24, 2.45) is 5.92 Å². The number of amides is 3. The minimum atomic E-state index is -3.31. The first kappa shape index (κ1) is 23.0. The molecule has 3 amide bonds. The van der Waals surface area contributed by atoms with Gasteiger partial charge < -0.3 is 19.4 Å². The lowest BCUT2D eigenvalue weighted by molar-refractivity contribution is -0.156. The van der Waals surface area contributed by atoms with E-state index in [-0.39, 0.29) is 24.1 Å². The second kappa shape index (κ2) is 10.1. The Kier molecular flexibility index (Phi) is 7.70. The second-order valence-corrected chi connectivity index (χ2v) is 10.1. The largest absolute Gasteiger partial charge is 0.378 e. The smallest absolute Gasteiger partial charge is 0.312 e. The van der Waals surface area contributed by atoms with Gasteiger partial charge in [-0.3, -0.25) is 14.4 Å². The molecule has 0 radical (unpaired) electrons. The Morgan fingerprint density at radius 1 is 0.867 bits per heavy atom. The minimum Gasteiger partial charge on any atom is -0.378 e. The molecule has 1 unspecified atom stereocenters. The van der Waals surface area contributed by atoms with Crippen molar-refractivity contribution in [3.05, 3.63) is 0 Å². The number of ether oxygens (including phenoxy) is 1. The molecule has 3 aliphatic heterocycles. The number of nitrogens with zero attached hydrogens (tertiary/aromatic N) is 4. The van der Waals surface area contributed by atoms with Crippen molar-refractivity contribution >= 4 is 27.7 Å². The fourth-order valence-corrected chi connectivity index (χ4v) is 5.80. The van der Waals surface area contributed by atoms with Gasteiger partial charge >= 0.3 is 11.8 Å². The van der Waals surface area contributed by atoms with E-state index >= 15 is 0 Å². The van der Waals surface area contributed by atoms with E-state index in [1.54, 1.807) is 4.90 Å². The molecule has 3 fully saturated rings. The zero-order valence-corrected chi connectivity index (χ0v) is 18.4. The highest BCUT2D eigenvalue weighted by Gasteiger charge is 2.36. The van der Waals surface area contributed by atoms with Crippen molar-refractivity contribution in [3.8, 4) is 0 Å². The van der Waals surface area contributed by atoms with E-state index in [1.165, 1.54) is 14.1 Å². The second-order valence-electron chi connectivity index (χ2n) is 8.04. The van der Waals surface area contributed by atoms with Crippen LogP contribution in [-0.4, -0.2) is 116 Å². The van der Waals surface area contributed by atoms with E-state index in [9.17, 15) is 22.8 Å². The summed E-state index contributed by atoms with van der Waals surface area (Å²) in [6.07, 6.45) is 1.90. The highest BCUT2D eigenvalue weighted by molar-refractivity contribution is 7.89. The fraction of sp³-hybridized carbons (Fsp3) is 0.842. The predicted octanol–water partition coefficient (Wildman–Crippen LogP) is -1.03. The molecule has 0 spiro atoms. The maximum absolute atomic E-state index is 13.0. The monoisotopic (exact) mass is 444 g/mol. The summed E-state index contributed by atoms with van der Waals surface area (Å²) in [5.74, 6) is -1.34. The maximum atomic E-state index is 13.0. The Labute approximate surface area is 178 Å². The van der Waals surface area contributed by atoms with E-state index in [0.717, 1.165) is 0 Å². The summed E-state index contributed by atoms with van der Waals surface area (Å²) in [4.78, 5) is 42.5. The molecule has 3 heterocycles. The van der Waals surface area contributed by atoms with Gasteiger partial charge in [-0.05, 0) is 19.3 Å². The number of rotatable bonds is 4. The van der Waals surface area contributed by atoms with Crippen molar-refractivity contribution in [3.63, 3.8) is 0 Å². The molecule has 1 atom stereocenters. The van der Waals surface area contributed by atoms with Crippen LogP contribution in [0.3, 0.4) is 0 Å². The summed E-state index contributed by atoms with van der Waals surface area (Å²) < 4.78 is 31.4. The zero-order valence-electron chi connectivity index (χ0n) is 17.6. The van der Waals surface area contributed by atoms with Gasteiger partial charge in [0.05, 0.1) is 24.9 Å². The van der Waals surface area contributed by atoms with E-state index in [2.05, 4.69) is 0 Å². The van der Waals surface area contributed by atoms with Crippen LogP contribution < -0.4 is 0 Å². The lowest BCUT2D eigenvalue weighted by Crippen LogP contribution is -2.57. The molecule has 0 N–H and O–H groups in total. The lowest BCUT2D eigenvalue weighted by Gasteiger charge is -2.39. The van der Waals surface area contributed by atoms with Gasteiger partial charge in [-0.15, -0.1) is 0 Å². The van der Waals surface area contributed by atoms with Gasteiger partial charge in [-0.25, -0.2) is 12.7 Å². The number of carbonyl (C=O) groups excluding carboxylic acids is 3. The standard InChI is InChI=1S/C19H32N4O6S/c1-2-14-30(27,28)23-5-3-4-16(15-23)17(24)20-6-8-21(9-7-20)18(25)19(26)22-10-12-29-13-11-22/h16H,2-15H2,1H3. The molecular weight excluding hydrogens is 412 g/mol. The van der Waals surface area contributed by atoms with Gasteiger partial charge in [-0.2, -0.15) is 0 Å². The van der Waals surface area contributed by atoms with Gasteiger partial charge in [0.25, 0.3) is 0 Å². The summed E-state index contributed by atoms with van der Waals surface area (Å²) in [6.45, 7) is 5.59. The number of piperazine rings is 1. The molecule has 0 aromatic carbocycles. The van der Waals surface area contributed by atoms with Crippen LogP contribution in [0.1, 0.15) is 26.2 Å². The van der Waals surface area contributed by atoms with E-state index in [0.29, 0.717) is 78.3 Å². The molecule has 3 aliphatic rings. The average molecular weight is 445 g/mol. The Bertz CT molecular complexity index is 744. The van der Waals surface area contributed by atoms with Crippen LogP contribution in [0.5, 0.6) is 0 Å². The van der Waals surface area contributed by atoms with Gasteiger partial charge in [0, 0.05) is 52.4 Å². The van der Waals surface area contributed by atoms with Gasteiger partial charge in [0.1, 0.15) is 0 Å². The zero-order chi connectivity index (χ0) is 21.7. The van der Waals surface area contributed by atoms with E-state index in [4.69, 9.17) is 4.74 Å². The Balaban J connectivity index is 1.51. The summed E-state index contributed by atoms with van der Waals surface area (Å²) in [5.41, 5.74) is 0. The molecule has 11 heteroatoms. The molecule has 10 nitrogen and oxygen atoms in total. The summed E-state index contributed by atoms with van der Waals surface area (Å²) in [5, 5.41) is 0. The number of sulfonamides is 1. The highest BCUT2D eigenvalue weighted by atomic mass is 32.2. The van der Waals surface area contributed by atoms with Crippen molar-refractivity contribution in [2.45, 2.75) is 26.2 Å². The molecule has 3 saturated heterocycles. The third-order valence-corrected chi connectivity index (χ3v) is 7.99. The Morgan fingerprint density at radius 2 is 1.43 bits per heavy atom. The van der Waals surface area contributed by atoms with Crippen LogP contribution in [-0.2, 0) is 29.1 Å². The number of morpholine rings is 1. The lowest BCUT2D eigenvalue weighted by atomic mass is 9.97. The molecule has 0 aliphatic carbocycles. The first-order chi connectivity index (χ1) is 14.3. The van der Waals surface area contributed by atoms with Crippen LogP contribution in [0.4, 0.5) is 0 Å². The fourth-order valence-electron chi connectivity index (χ4n) is 4.21. The maximum Gasteiger partial charge on any atom is 0.312 e. The predicted molar refractivity (Wildman–Crippen MR) is 109 cm³/mol. The third-order valence-electron chi connectivity index (χ3n) is 5.95. The topological polar surface area (TPSA) is 108 Å². The number of hydrogen-bond donors (Lipinski definition) is 0. The quantitative estimate of drug-likeness (QED) is 0.513. The number of hydrogen-bond acceptors (Lipinski definition) is 6. The molecular formula is C19H32N4O6S. The van der Waals surface area contributed by atoms with Crippen molar-refractivity contribution in [1.29, 1.82) is 0 Å². The van der Waals surface area contributed by atoms with Crippen LogP contribution in [0.2, 0.25) is 0 Å². The first-order valence-corrected chi connectivity index (χ1v) is 12.4. The first-order valence-electron chi connectivity index (χ1n) is 10.8. The highest BCUT2D eigenvalue weighted by Crippen LogP contribution is 2.22. The minimum absolute atomic E-state index is 0.0574. The van der Waals surface area contributed by atoms with Gasteiger partial charge in [-0.1, -0.05) is 6.92 Å². The van der Waals surface area contributed by atoms with Crippen LogP contribution >= 0.6 is 0 Å². The van der Waals surface area contributed by atoms with Gasteiger partial charge in [0.15, 0.2) is 0 Å². The molecule has 0 aromatic heterocycles. The van der Waals surface area contributed by atoms with Crippen molar-refractivity contribution in [1.82, 2.24) is 19.0 Å². The molecule has 0 bridgehead atoms. The Morgan fingerprint density at radius 3 is 2.03 bits per heavy atom. The van der Waals surface area contributed by atoms with Crippen molar-refractivity contribution < 1.29 is 27.5 Å². The molecule has 0 saturated carbocycles. The average Bonchev–Trinajstić information content (AvgIpc) is 2.78. The summed E-state index contributed by atoms with van der Waals surface area (Å²) >= 11 is 0. The third kappa shape index (κ3) is 5.30. The van der Waals surface area contributed by atoms with Gasteiger partial charge in [0.2, 0.25) is 15.9 Å². The summed E-state index contributed by atoms with van der Waals surface area (Å²) in [6, 6.07) is 0. The van der Waals surface area contributed by atoms with E-state index in [1.807, 2.05) is 6.92 Å². The molecule has 170 valence electrons. The van der Waals surface area contributed by atoms with Crippen LogP contribution in [0.15, 0.2) is 0 Å².